The summed E-state index contributed by atoms with van der Waals surface area (Å²) in [5.74, 6) is 3.47. The number of aromatic nitrogens is 1. The Morgan fingerprint density at radius 3 is 2.94 bits per heavy atom. The van der Waals surface area contributed by atoms with Gasteiger partial charge in [0.2, 0.25) is 0 Å². The number of hydrogen-bond donors (Lipinski definition) is 1. The number of methoxy groups -OCH3 is 1. The maximum Gasteiger partial charge on any atom is 0.166 e. The summed E-state index contributed by atoms with van der Waals surface area (Å²) in [6.45, 7) is 2.49. The van der Waals surface area contributed by atoms with Crippen molar-refractivity contribution in [2.75, 3.05) is 20.2 Å². The van der Waals surface area contributed by atoms with Gasteiger partial charge >= 0.3 is 0 Å². The zero-order valence-electron chi connectivity index (χ0n) is 18.0. The van der Waals surface area contributed by atoms with Gasteiger partial charge < -0.3 is 14.5 Å². The molecule has 8 rings (SSSR count). The Hall–Kier alpha value is -2.46. The van der Waals surface area contributed by atoms with Crippen LogP contribution in [-0.2, 0) is 18.3 Å². The largest absolute Gasteiger partial charge is 0.493 e. The van der Waals surface area contributed by atoms with Crippen LogP contribution in [0.3, 0.4) is 0 Å². The fourth-order valence-corrected chi connectivity index (χ4v) is 7.70. The predicted octanol–water partition coefficient (Wildman–Crippen LogP) is 4.76. The molecule has 0 radical (unpaired) electrons. The quantitative estimate of drug-likeness (QED) is 0.674. The number of rotatable bonds is 3. The van der Waals surface area contributed by atoms with Crippen LogP contribution in [0.2, 0.25) is 0 Å². The molecule has 3 aromatic rings. The zero-order valence-corrected chi connectivity index (χ0v) is 18.0. The molecule has 1 aromatic heterocycles. The standard InChI is InChI=1S/C27H28N2O2/c1-30-22-9-8-16-12-21-19-13-18-17-4-2-3-5-20(17)28-24(18)26-27(19,23(16)25(22)31-26)10-11-29(21)14-15-6-7-15/h2-5,8-9,15,19,21,26,28H,6-7,10-14H2,1H3/t19-,21+,26-,27-/m0/s1. The molecule has 3 heterocycles. The van der Waals surface area contributed by atoms with Crippen LogP contribution in [-0.4, -0.2) is 36.1 Å². The van der Waals surface area contributed by atoms with Crippen LogP contribution in [0.5, 0.6) is 11.5 Å². The van der Waals surface area contributed by atoms with E-state index in [1.807, 2.05) is 0 Å². The zero-order chi connectivity index (χ0) is 20.3. The number of benzene rings is 2. The highest BCUT2D eigenvalue weighted by molar-refractivity contribution is 5.86. The molecule has 2 aromatic carbocycles. The lowest BCUT2D eigenvalue weighted by molar-refractivity contribution is -0.0370. The molecule has 1 spiro atoms. The van der Waals surface area contributed by atoms with Crippen LogP contribution in [0.25, 0.3) is 10.9 Å². The Kier molecular flexibility index (Phi) is 3.13. The Labute approximate surface area is 182 Å². The molecular formula is C27H28N2O2. The highest BCUT2D eigenvalue weighted by Crippen LogP contribution is 2.67. The molecule has 3 aliphatic carbocycles. The smallest absolute Gasteiger partial charge is 0.166 e. The third-order valence-electron chi connectivity index (χ3n) is 9.16. The second-order valence-electron chi connectivity index (χ2n) is 10.5. The van der Waals surface area contributed by atoms with Crippen molar-refractivity contribution in [3.05, 3.63) is 58.8 Å². The number of fused-ring (bicyclic) bond motifs is 4. The highest BCUT2D eigenvalue weighted by atomic mass is 16.5. The van der Waals surface area contributed by atoms with Gasteiger partial charge in [-0.3, -0.25) is 4.90 Å². The third-order valence-corrected chi connectivity index (χ3v) is 9.16. The van der Waals surface area contributed by atoms with E-state index in [1.165, 1.54) is 65.6 Å². The van der Waals surface area contributed by atoms with Crippen molar-refractivity contribution >= 4 is 10.9 Å². The van der Waals surface area contributed by atoms with Gasteiger partial charge in [-0.2, -0.15) is 0 Å². The molecule has 4 nitrogen and oxygen atoms in total. The van der Waals surface area contributed by atoms with E-state index in [1.54, 1.807) is 7.11 Å². The molecular weight excluding hydrogens is 384 g/mol. The van der Waals surface area contributed by atoms with Gasteiger partial charge in [-0.05, 0) is 73.7 Å². The average molecular weight is 413 g/mol. The molecule has 4 heteroatoms. The second kappa shape index (κ2) is 5.66. The first kappa shape index (κ1) is 17.1. The van der Waals surface area contributed by atoms with Crippen LogP contribution < -0.4 is 9.47 Å². The molecule has 0 unspecified atom stereocenters. The van der Waals surface area contributed by atoms with Crippen molar-refractivity contribution in [2.24, 2.45) is 11.8 Å². The van der Waals surface area contributed by atoms with Crippen LogP contribution >= 0.6 is 0 Å². The fourth-order valence-electron chi connectivity index (χ4n) is 7.70. The normalized spacial score (nSPS) is 32.5. The van der Waals surface area contributed by atoms with Gasteiger partial charge in [0.1, 0.15) is 6.10 Å². The van der Waals surface area contributed by atoms with Crippen molar-refractivity contribution < 1.29 is 9.47 Å². The number of para-hydroxylation sites is 1. The van der Waals surface area contributed by atoms with E-state index in [0.29, 0.717) is 12.0 Å². The number of piperidine rings is 1. The van der Waals surface area contributed by atoms with Gasteiger partial charge in [0.05, 0.1) is 12.8 Å². The van der Waals surface area contributed by atoms with Gasteiger partial charge in [0.15, 0.2) is 11.5 Å². The molecule has 0 amide bonds. The minimum Gasteiger partial charge on any atom is -0.493 e. The minimum absolute atomic E-state index is 0.0737. The Balaban J connectivity index is 1.38. The topological polar surface area (TPSA) is 37.5 Å². The Bertz CT molecular complexity index is 1240. The lowest BCUT2D eigenvalue weighted by atomic mass is 9.51. The highest BCUT2D eigenvalue weighted by Gasteiger charge is 2.65. The monoisotopic (exact) mass is 412 g/mol. The molecule has 2 bridgehead atoms. The third kappa shape index (κ3) is 2.01. The molecule has 1 saturated carbocycles. The van der Waals surface area contributed by atoms with Crippen molar-refractivity contribution in [3.8, 4) is 11.5 Å². The van der Waals surface area contributed by atoms with Gasteiger partial charge in [-0.1, -0.05) is 24.3 Å². The summed E-state index contributed by atoms with van der Waals surface area (Å²) in [6, 6.07) is 13.9. The fraction of sp³-hybridized carbons (Fsp3) is 0.481. The second-order valence-corrected chi connectivity index (χ2v) is 10.5. The van der Waals surface area contributed by atoms with E-state index in [2.05, 4.69) is 46.3 Å². The van der Waals surface area contributed by atoms with E-state index >= 15 is 0 Å². The Morgan fingerprint density at radius 1 is 1.16 bits per heavy atom. The molecule has 5 aliphatic rings. The summed E-state index contributed by atoms with van der Waals surface area (Å²) in [4.78, 5) is 6.65. The van der Waals surface area contributed by atoms with Crippen LogP contribution in [0.15, 0.2) is 36.4 Å². The van der Waals surface area contributed by atoms with Crippen molar-refractivity contribution in [1.82, 2.24) is 9.88 Å². The van der Waals surface area contributed by atoms with Gasteiger partial charge in [-0.25, -0.2) is 0 Å². The number of ether oxygens (including phenoxy) is 2. The van der Waals surface area contributed by atoms with E-state index < -0.39 is 0 Å². The van der Waals surface area contributed by atoms with Crippen LogP contribution in [0.1, 0.15) is 47.8 Å². The first-order valence-corrected chi connectivity index (χ1v) is 12.0. The molecule has 31 heavy (non-hydrogen) atoms. The number of hydrogen-bond acceptors (Lipinski definition) is 3. The van der Waals surface area contributed by atoms with Gasteiger partial charge in [-0.15, -0.1) is 0 Å². The SMILES string of the molecule is COc1ccc2c3c1O[C@H]1c4[nH]c5ccccc5c4C[C@H]4[C@@H](C2)N(CC2CC2)CC[C@]314. The minimum atomic E-state index is 0.0737. The summed E-state index contributed by atoms with van der Waals surface area (Å²) in [5, 5.41) is 1.39. The summed E-state index contributed by atoms with van der Waals surface area (Å²) in [7, 11) is 1.77. The lowest BCUT2D eigenvalue weighted by Gasteiger charge is -2.58. The number of nitrogens with one attached hydrogen (secondary N) is 1. The summed E-state index contributed by atoms with van der Waals surface area (Å²) in [5.41, 5.74) is 7.12. The van der Waals surface area contributed by atoms with E-state index in [0.717, 1.165) is 30.3 Å². The van der Waals surface area contributed by atoms with E-state index in [-0.39, 0.29) is 11.5 Å². The maximum atomic E-state index is 6.91. The predicted molar refractivity (Wildman–Crippen MR) is 120 cm³/mol. The number of nitrogens with zero attached hydrogens (tertiary/aromatic N) is 1. The first-order chi connectivity index (χ1) is 15.3. The maximum absolute atomic E-state index is 6.91. The summed E-state index contributed by atoms with van der Waals surface area (Å²) in [6.07, 6.45) is 6.42. The lowest BCUT2D eigenvalue weighted by Crippen LogP contribution is -2.63. The first-order valence-electron chi connectivity index (χ1n) is 12.0. The number of aromatic amines is 1. The van der Waals surface area contributed by atoms with Crippen LogP contribution in [0.4, 0.5) is 0 Å². The van der Waals surface area contributed by atoms with Crippen molar-refractivity contribution in [3.63, 3.8) is 0 Å². The average Bonchev–Trinajstić information content (AvgIpc) is 3.43. The van der Waals surface area contributed by atoms with E-state index in [9.17, 15) is 0 Å². The molecule has 4 atom stereocenters. The van der Waals surface area contributed by atoms with Gasteiger partial charge in [0.25, 0.3) is 0 Å². The summed E-state index contributed by atoms with van der Waals surface area (Å²) >= 11 is 0. The van der Waals surface area contributed by atoms with Crippen molar-refractivity contribution in [1.29, 1.82) is 0 Å². The van der Waals surface area contributed by atoms with E-state index in [4.69, 9.17) is 9.47 Å². The van der Waals surface area contributed by atoms with Crippen molar-refractivity contribution in [2.45, 2.75) is 49.7 Å². The molecule has 2 aliphatic heterocycles. The number of H-pyrrole nitrogens is 1. The molecule has 158 valence electrons. The number of likely N-dealkylation sites (tertiary alicyclic amines) is 1. The summed E-state index contributed by atoms with van der Waals surface area (Å²) < 4.78 is 12.7. The van der Waals surface area contributed by atoms with Gasteiger partial charge in [0, 0.05) is 34.5 Å². The molecule has 1 N–H and O–H groups in total. The molecule has 1 saturated heterocycles. The van der Waals surface area contributed by atoms with Crippen LogP contribution in [0, 0.1) is 11.8 Å². The molecule has 2 fully saturated rings. The Morgan fingerprint density at radius 2 is 2.06 bits per heavy atom.